The lowest BCUT2D eigenvalue weighted by atomic mass is 9.97. The van der Waals surface area contributed by atoms with E-state index in [4.69, 9.17) is 4.74 Å². The molecular weight excluding hydrogens is 402 g/mol. The van der Waals surface area contributed by atoms with E-state index in [-0.39, 0.29) is 18.0 Å². The van der Waals surface area contributed by atoms with Crippen LogP contribution < -0.4 is 16.6 Å². The molecule has 7 nitrogen and oxygen atoms in total. The van der Waals surface area contributed by atoms with Gasteiger partial charge in [0.05, 0.1) is 11.1 Å². The minimum absolute atomic E-state index is 0.116. The quantitative estimate of drug-likeness (QED) is 0.587. The maximum absolute atomic E-state index is 13.4. The lowest BCUT2D eigenvalue weighted by Gasteiger charge is -2.13. The molecule has 0 atom stereocenters. The highest BCUT2D eigenvalue weighted by molar-refractivity contribution is 7.18. The van der Waals surface area contributed by atoms with Crippen LogP contribution in [-0.4, -0.2) is 35.3 Å². The Labute approximate surface area is 177 Å². The molecule has 0 saturated carbocycles. The largest absolute Gasteiger partial charge is 0.385 e. The fraction of sp³-hybridized carbons (Fsp3) is 0.409. The summed E-state index contributed by atoms with van der Waals surface area (Å²) >= 11 is 1.48. The molecule has 1 aliphatic carbocycles. The highest BCUT2D eigenvalue weighted by Gasteiger charge is 2.24. The Kier molecular flexibility index (Phi) is 6.15. The normalized spacial score (nSPS) is 13.4. The minimum Gasteiger partial charge on any atom is -0.385 e. The summed E-state index contributed by atoms with van der Waals surface area (Å²) in [6, 6.07) is 8.90. The molecule has 4 rings (SSSR count). The van der Waals surface area contributed by atoms with E-state index in [1.54, 1.807) is 31.4 Å². The Morgan fingerprint density at radius 1 is 1.17 bits per heavy atom. The molecule has 1 aliphatic rings. The van der Waals surface area contributed by atoms with Crippen LogP contribution in [0.3, 0.4) is 0 Å². The number of aryl methyl sites for hydroxylation is 2. The number of hydrogen-bond donors (Lipinski definition) is 1. The van der Waals surface area contributed by atoms with Gasteiger partial charge in [0.15, 0.2) is 0 Å². The van der Waals surface area contributed by atoms with Gasteiger partial charge in [-0.25, -0.2) is 9.36 Å². The maximum atomic E-state index is 13.4. The number of nitrogens with zero attached hydrogens (tertiary/aromatic N) is 2. The summed E-state index contributed by atoms with van der Waals surface area (Å²) in [7, 11) is 1.61. The number of carbonyl (C=O) groups is 1. The van der Waals surface area contributed by atoms with Crippen molar-refractivity contribution < 1.29 is 9.53 Å². The number of rotatable bonds is 7. The molecule has 0 unspecified atom stereocenters. The van der Waals surface area contributed by atoms with Crippen molar-refractivity contribution in [1.82, 2.24) is 14.5 Å². The first-order valence-corrected chi connectivity index (χ1v) is 11.0. The molecule has 0 bridgehead atoms. The van der Waals surface area contributed by atoms with E-state index in [9.17, 15) is 14.4 Å². The number of ether oxygens (including phenoxy) is 1. The van der Waals surface area contributed by atoms with Gasteiger partial charge in [-0.05, 0) is 49.8 Å². The third-order valence-corrected chi connectivity index (χ3v) is 6.72. The molecule has 158 valence electrons. The second-order valence-corrected chi connectivity index (χ2v) is 8.52. The number of benzene rings is 1. The SMILES string of the molecule is COCCCNC(=O)Cn1c(=O)n(-c2ccccc2)c(=O)c2c3c(sc21)CCCC3. The van der Waals surface area contributed by atoms with Gasteiger partial charge in [0.2, 0.25) is 5.91 Å². The van der Waals surface area contributed by atoms with Crippen LogP contribution >= 0.6 is 11.3 Å². The predicted molar refractivity (Wildman–Crippen MR) is 118 cm³/mol. The molecule has 3 aromatic rings. The van der Waals surface area contributed by atoms with Gasteiger partial charge in [0.1, 0.15) is 11.4 Å². The third kappa shape index (κ3) is 3.85. The number of fused-ring (bicyclic) bond motifs is 3. The molecule has 0 saturated heterocycles. The zero-order valence-electron chi connectivity index (χ0n) is 17.0. The molecular formula is C22H25N3O4S. The molecule has 0 radical (unpaired) electrons. The topological polar surface area (TPSA) is 82.3 Å². The van der Waals surface area contributed by atoms with Crippen LogP contribution in [0.15, 0.2) is 39.9 Å². The molecule has 2 aromatic heterocycles. The van der Waals surface area contributed by atoms with Crippen molar-refractivity contribution in [2.45, 2.75) is 38.6 Å². The zero-order chi connectivity index (χ0) is 21.1. The van der Waals surface area contributed by atoms with Crippen molar-refractivity contribution in [2.75, 3.05) is 20.3 Å². The summed E-state index contributed by atoms with van der Waals surface area (Å²) < 4.78 is 7.65. The average molecular weight is 428 g/mol. The van der Waals surface area contributed by atoms with E-state index < -0.39 is 5.69 Å². The van der Waals surface area contributed by atoms with Gasteiger partial charge < -0.3 is 10.1 Å². The second-order valence-electron chi connectivity index (χ2n) is 7.43. The number of methoxy groups -OCH3 is 1. The Balaban J connectivity index is 1.84. The fourth-order valence-corrected chi connectivity index (χ4v) is 5.33. The highest BCUT2D eigenvalue weighted by Crippen LogP contribution is 2.34. The maximum Gasteiger partial charge on any atom is 0.337 e. The molecule has 2 heterocycles. The number of hydrogen-bond acceptors (Lipinski definition) is 5. The Bertz CT molecular complexity index is 1180. The van der Waals surface area contributed by atoms with Crippen molar-refractivity contribution in [1.29, 1.82) is 0 Å². The Hall–Kier alpha value is -2.71. The first-order valence-electron chi connectivity index (χ1n) is 10.2. The van der Waals surface area contributed by atoms with Crippen molar-refractivity contribution in [3.63, 3.8) is 0 Å². The lowest BCUT2D eigenvalue weighted by molar-refractivity contribution is -0.121. The summed E-state index contributed by atoms with van der Waals surface area (Å²) in [5.41, 5.74) is 0.784. The van der Waals surface area contributed by atoms with Crippen LogP contribution in [0.25, 0.3) is 15.9 Å². The first kappa shape index (κ1) is 20.6. The van der Waals surface area contributed by atoms with Crippen molar-refractivity contribution in [2.24, 2.45) is 0 Å². The summed E-state index contributed by atoms with van der Waals surface area (Å²) in [5, 5.41) is 3.42. The van der Waals surface area contributed by atoms with Gasteiger partial charge in [-0.2, -0.15) is 0 Å². The smallest absolute Gasteiger partial charge is 0.337 e. The van der Waals surface area contributed by atoms with E-state index in [1.165, 1.54) is 20.5 Å². The third-order valence-electron chi connectivity index (χ3n) is 5.40. The van der Waals surface area contributed by atoms with E-state index >= 15 is 0 Å². The van der Waals surface area contributed by atoms with E-state index in [1.807, 2.05) is 6.07 Å². The molecule has 1 N–H and O–H groups in total. The van der Waals surface area contributed by atoms with E-state index in [0.717, 1.165) is 36.1 Å². The summed E-state index contributed by atoms with van der Waals surface area (Å²) in [4.78, 5) is 41.1. The number of amides is 1. The molecule has 30 heavy (non-hydrogen) atoms. The summed E-state index contributed by atoms with van der Waals surface area (Å²) in [5.74, 6) is -0.251. The van der Waals surface area contributed by atoms with Gasteiger partial charge in [-0.3, -0.25) is 14.2 Å². The number of nitrogens with one attached hydrogen (secondary N) is 1. The Morgan fingerprint density at radius 3 is 2.70 bits per heavy atom. The molecule has 1 aromatic carbocycles. The van der Waals surface area contributed by atoms with E-state index in [0.29, 0.717) is 35.5 Å². The monoisotopic (exact) mass is 427 g/mol. The van der Waals surface area contributed by atoms with Crippen molar-refractivity contribution in [3.05, 3.63) is 61.6 Å². The summed E-state index contributed by atoms with van der Waals surface area (Å²) in [6.45, 7) is 0.916. The van der Waals surface area contributed by atoms with Crippen LogP contribution in [0.5, 0.6) is 0 Å². The zero-order valence-corrected chi connectivity index (χ0v) is 17.8. The van der Waals surface area contributed by atoms with Gasteiger partial charge in [0.25, 0.3) is 5.56 Å². The number of aromatic nitrogens is 2. The number of para-hydroxylation sites is 1. The number of carbonyl (C=O) groups excluding carboxylic acids is 1. The van der Waals surface area contributed by atoms with E-state index in [2.05, 4.69) is 5.32 Å². The van der Waals surface area contributed by atoms with Gasteiger partial charge >= 0.3 is 5.69 Å². The number of thiophene rings is 1. The molecule has 8 heteroatoms. The van der Waals surface area contributed by atoms with Crippen LogP contribution in [0.1, 0.15) is 29.7 Å². The fourth-order valence-electron chi connectivity index (χ4n) is 3.96. The average Bonchev–Trinajstić information content (AvgIpc) is 3.15. The van der Waals surface area contributed by atoms with Crippen LogP contribution in [0.4, 0.5) is 0 Å². The van der Waals surface area contributed by atoms with Gasteiger partial charge in [0, 0.05) is 25.1 Å². The Morgan fingerprint density at radius 2 is 1.93 bits per heavy atom. The summed E-state index contributed by atoms with van der Waals surface area (Å²) in [6.07, 6.45) is 4.56. The van der Waals surface area contributed by atoms with Crippen molar-refractivity contribution >= 4 is 27.5 Å². The first-order chi connectivity index (χ1) is 14.6. The van der Waals surface area contributed by atoms with Gasteiger partial charge in [-0.15, -0.1) is 11.3 Å². The standard InChI is InChI=1S/C22H25N3O4S/c1-29-13-7-12-23-18(26)14-24-21-19(16-10-5-6-11-17(16)30-21)20(27)25(22(24)28)15-8-3-2-4-9-15/h2-4,8-9H,5-7,10-14H2,1H3,(H,23,26). The highest BCUT2D eigenvalue weighted by atomic mass is 32.1. The van der Waals surface area contributed by atoms with Crippen LogP contribution in [0, 0.1) is 0 Å². The molecule has 0 aliphatic heterocycles. The van der Waals surface area contributed by atoms with Crippen molar-refractivity contribution in [3.8, 4) is 5.69 Å². The molecule has 0 fully saturated rings. The van der Waals surface area contributed by atoms with Gasteiger partial charge in [-0.1, -0.05) is 18.2 Å². The van der Waals surface area contributed by atoms with Crippen LogP contribution in [0.2, 0.25) is 0 Å². The molecule has 1 amide bonds. The second kappa shape index (κ2) is 8.97. The minimum atomic E-state index is -0.482. The van der Waals surface area contributed by atoms with Crippen LogP contribution in [-0.2, 0) is 28.9 Å². The lowest BCUT2D eigenvalue weighted by Crippen LogP contribution is -2.41. The predicted octanol–water partition coefficient (Wildman–Crippen LogP) is 2.25. The molecule has 0 spiro atoms.